The fourth-order valence-corrected chi connectivity index (χ4v) is 5.71. The van der Waals surface area contributed by atoms with Gasteiger partial charge in [0.25, 0.3) is 0 Å². The van der Waals surface area contributed by atoms with Gasteiger partial charge in [-0.3, -0.25) is 9.36 Å². The molecule has 0 aliphatic carbocycles. The summed E-state index contributed by atoms with van der Waals surface area (Å²) in [5.41, 5.74) is 0.277. The molecule has 1 heterocycles. The molecule has 0 N–H and O–H groups in total. The second-order valence-corrected chi connectivity index (χ2v) is 11.4. The number of carbonyl (C=O) groups is 1. The quantitative estimate of drug-likeness (QED) is 0.474. The van der Waals surface area contributed by atoms with Gasteiger partial charge in [0.05, 0.1) is 10.6 Å². The molecule has 1 atom stereocenters. The van der Waals surface area contributed by atoms with Crippen LogP contribution in [0.15, 0.2) is 34.3 Å². The molecule has 0 aliphatic heterocycles. The first-order valence-electron chi connectivity index (χ1n) is 10.7. The maximum absolute atomic E-state index is 13.0. The molecule has 2 aromatic rings. The Kier molecular flexibility index (Phi) is 8.47. The highest BCUT2D eigenvalue weighted by Crippen LogP contribution is 2.31. The van der Waals surface area contributed by atoms with Crippen LogP contribution in [0, 0.1) is 5.41 Å². The first kappa shape index (κ1) is 25.5. The zero-order chi connectivity index (χ0) is 23.4. The van der Waals surface area contributed by atoms with Crippen molar-refractivity contribution < 1.29 is 13.2 Å². The molecule has 0 unspecified atom stereocenters. The molecule has 1 aromatic carbocycles. The lowest BCUT2D eigenvalue weighted by Gasteiger charge is -2.20. The predicted molar refractivity (Wildman–Crippen MR) is 126 cm³/mol. The van der Waals surface area contributed by atoms with Crippen LogP contribution in [-0.2, 0) is 14.8 Å². The van der Waals surface area contributed by atoms with Gasteiger partial charge in [-0.15, -0.1) is 10.2 Å². The van der Waals surface area contributed by atoms with Crippen molar-refractivity contribution in [2.24, 2.45) is 5.41 Å². The van der Waals surface area contributed by atoms with Crippen LogP contribution in [-0.4, -0.2) is 52.1 Å². The molecule has 31 heavy (non-hydrogen) atoms. The molecule has 0 radical (unpaired) electrons. The summed E-state index contributed by atoms with van der Waals surface area (Å²) in [5.74, 6) is 1.07. The Morgan fingerprint density at radius 1 is 1.16 bits per heavy atom. The van der Waals surface area contributed by atoms with Gasteiger partial charge in [-0.2, -0.15) is 4.31 Å². The second-order valence-electron chi connectivity index (χ2n) is 8.51. The lowest BCUT2D eigenvalue weighted by molar-refractivity contribution is -0.123. The van der Waals surface area contributed by atoms with E-state index in [0.717, 1.165) is 6.42 Å². The van der Waals surface area contributed by atoms with E-state index in [2.05, 4.69) is 24.0 Å². The van der Waals surface area contributed by atoms with Crippen molar-refractivity contribution in [1.82, 2.24) is 19.1 Å². The third-order valence-electron chi connectivity index (χ3n) is 5.30. The van der Waals surface area contributed by atoms with Crippen LogP contribution in [0.1, 0.15) is 60.9 Å². The van der Waals surface area contributed by atoms with Crippen molar-refractivity contribution in [3.8, 4) is 11.4 Å². The summed E-state index contributed by atoms with van der Waals surface area (Å²) in [6.07, 6.45) is 0.850. The molecular formula is C22H34N4O3S2. The third-order valence-corrected chi connectivity index (χ3v) is 8.29. The topological polar surface area (TPSA) is 85.2 Å². The van der Waals surface area contributed by atoms with Crippen LogP contribution in [0.4, 0.5) is 0 Å². The number of sulfonamides is 1. The monoisotopic (exact) mass is 466 g/mol. The minimum absolute atomic E-state index is 0.0975. The van der Waals surface area contributed by atoms with E-state index in [4.69, 9.17) is 0 Å². The standard InChI is InChI=1S/C22H34N4O3S2/c1-8-16(4)26-20(23-24-21(26)30-15-19(27)22(5,6)7)17-12-11-13-18(14-17)31(28,29)25(9-2)10-3/h11-14,16H,8-10,15H2,1-7H3/t16-/m0/s1. The molecule has 1 aromatic heterocycles. The van der Waals surface area contributed by atoms with Crippen LogP contribution in [0.5, 0.6) is 0 Å². The van der Waals surface area contributed by atoms with E-state index in [9.17, 15) is 13.2 Å². The van der Waals surface area contributed by atoms with Gasteiger partial charge in [-0.1, -0.05) is 65.4 Å². The Labute approximate surface area is 190 Å². The zero-order valence-electron chi connectivity index (χ0n) is 19.5. The van der Waals surface area contributed by atoms with Crippen LogP contribution < -0.4 is 0 Å². The molecule has 172 valence electrons. The molecule has 0 fully saturated rings. The van der Waals surface area contributed by atoms with E-state index in [1.165, 1.54) is 16.1 Å². The number of thioether (sulfide) groups is 1. The summed E-state index contributed by atoms with van der Waals surface area (Å²) >= 11 is 1.38. The van der Waals surface area contributed by atoms with Crippen molar-refractivity contribution >= 4 is 27.6 Å². The van der Waals surface area contributed by atoms with E-state index < -0.39 is 15.4 Å². The van der Waals surface area contributed by atoms with Crippen molar-refractivity contribution in [2.45, 2.75) is 71.0 Å². The van der Waals surface area contributed by atoms with E-state index in [0.29, 0.717) is 35.4 Å². The van der Waals surface area contributed by atoms with Crippen LogP contribution in [0.2, 0.25) is 0 Å². The summed E-state index contributed by atoms with van der Waals surface area (Å²) in [5, 5.41) is 9.38. The average molecular weight is 467 g/mol. The number of benzene rings is 1. The number of nitrogens with zero attached hydrogens (tertiary/aromatic N) is 4. The van der Waals surface area contributed by atoms with Crippen LogP contribution in [0.25, 0.3) is 11.4 Å². The number of rotatable bonds is 10. The largest absolute Gasteiger partial charge is 0.299 e. The number of Topliss-reactive ketones (excluding diaryl/α,β-unsaturated/α-hetero) is 1. The van der Waals surface area contributed by atoms with E-state index in [-0.39, 0.29) is 16.7 Å². The van der Waals surface area contributed by atoms with Gasteiger partial charge in [0.1, 0.15) is 5.78 Å². The Bertz CT molecular complexity index is 1010. The zero-order valence-corrected chi connectivity index (χ0v) is 21.2. The molecule has 2 rings (SSSR count). The normalized spacial score (nSPS) is 13.5. The molecule has 0 saturated heterocycles. The first-order chi connectivity index (χ1) is 14.5. The van der Waals surface area contributed by atoms with Gasteiger partial charge in [0.15, 0.2) is 11.0 Å². The Hall–Kier alpha value is -1.71. The average Bonchev–Trinajstić information content (AvgIpc) is 3.15. The Morgan fingerprint density at radius 2 is 1.81 bits per heavy atom. The van der Waals surface area contributed by atoms with Gasteiger partial charge in [-0.05, 0) is 25.5 Å². The molecular weight excluding hydrogens is 432 g/mol. The minimum atomic E-state index is -3.58. The Balaban J connectivity index is 2.47. The highest BCUT2D eigenvalue weighted by molar-refractivity contribution is 7.99. The molecule has 0 aliphatic rings. The summed E-state index contributed by atoms with van der Waals surface area (Å²) in [6.45, 7) is 14.3. The maximum Gasteiger partial charge on any atom is 0.243 e. The lowest BCUT2D eigenvalue weighted by Crippen LogP contribution is -2.30. The van der Waals surface area contributed by atoms with Crippen molar-refractivity contribution in [3.05, 3.63) is 24.3 Å². The summed E-state index contributed by atoms with van der Waals surface area (Å²) < 4.78 is 29.4. The summed E-state index contributed by atoms with van der Waals surface area (Å²) in [7, 11) is -3.58. The van der Waals surface area contributed by atoms with Crippen LogP contribution in [0.3, 0.4) is 0 Å². The second kappa shape index (κ2) is 10.3. The molecule has 0 spiro atoms. The van der Waals surface area contributed by atoms with E-state index in [1.807, 2.05) is 45.3 Å². The lowest BCUT2D eigenvalue weighted by atomic mass is 9.92. The molecule has 0 saturated carbocycles. The molecule has 9 heteroatoms. The number of carbonyl (C=O) groups excluding carboxylic acids is 1. The third kappa shape index (κ3) is 5.75. The van der Waals surface area contributed by atoms with Crippen molar-refractivity contribution in [2.75, 3.05) is 18.8 Å². The van der Waals surface area contributed by atoms with Crippen LogP contribution >= 0.6 is 11.8 Å². The minimum Gasteiger partial charge on any atom is -0.299 e. The number of hydrogen-bond acceptors (Lipinski definition) is 6. The van der Waals surface area contributed by atoms with Gasteiger partial charge in [0, 0.05) is 30.1 Å². The first-order valence-corrected chi connectivity index (χ1v) is 13.1. The highest BCUT2D eigenvalue weighted by Gasteiger charge is 2.26. The fraction of sp³-hybridized carbons (Fsp3) is 0.591. The van der Waals surface area contributed by atoms with Crippen molar-refractivity contribution in [3.63, 3.8) is 0 Å². The number of aromatic nitrogens is 3. The van der Waals surface area contributed by atoms with Crippen molar-refractivity contribution in [1.29, 1.82) is 0 Å². The number of hydrogen-bond donors (Lipinski definition) is 0. The summed E-state index contributed by atoms with van der Waals surface area (Å²) in [6, 6.07) is 6.94. The highest BCUT2D eigenvalue weighted by atomic mass is 32.2. The Morgan fingerprint density at radius 3 is 2.35 bits per heavy atom. The van der Waals surface area contributed by atoms with Gasteiger partial charge < -0.3 is 0 Å². The molecule has 7 nitrogen and oxygen atoms in total. The van der Waals surface area contributed by atoms with Gasteiger partial charge >= 0.3 is 0 Å². The molecule has 0 amide bonds. The van der Waals surface area contributed by atoms with E-state index >= 15 is 0 Å². The number of ketones is 1. The smallest absolute Gasteiger partial charge is 0.243 e. The van der Waals surface area contributed by atoms with Gasteiger partial charge in [-0.25, -0.2) is 8.42 Å². The summed E-state index contributed by atoms with van der Waals surface area (Å²) in [4.78, 5) is 12.6. The predicted octanol–water partition coefficient (Wildman–Crippen LogP) is 4.65. The van der Waals surface area contributed by atoms with Gasteiger partial charge in [0.2, 0.25) is 10.0 Å². The maximum atomic E-state index is 13.0. The SMILES string of the molecule is CC[C@H](C)n1c(SCC(=O)C(C)(C)C)nnc1-c1cccc(S(=O)(=O)N(CC)CC)c1. The molecule has 0 bridgehead atoms. The van der Waals surface area contributed by atoms with E-state index in [1.54, 1.807) is 18.2 Å². The fourth-order valence-electron chi connectivity index (χ4n) is 3.01.